The van der Waals surface area contributed by atoms with Crippen LogP contribution in [0.4, 0.5) is 4.79 Å². The Morgan fingerprint density at radius 2 is 1.21 bits per heavy atom. The van der Waals surface area contributed by atoms with Crippen molar-refractivity contribution < 1.29 is 97.7 Å². The Morgan fingerprint density at radius 3 is 1.79 bits per heavy atom. The fraction of sp³-hybridized carbons (Fsp3) is 0.488. The molecule has 1 aliphatic rings. The summed E-state index contributed by atoms with van der Waals surface area (Å²) >= 11 is 0. The molecule has 0 aromatic heterocycles. The van der Waals surface area contributed by atoms with Crippen LogP contribution in [0.5, 0.6) is 0 Å². The van der Waals surface area contributed by atoms with Crippen LogP contribution in [0, 0.1) is 0 Å². The second-order valence-corrected chi connectivity index (χ2v) is 13.3. The molecular formula is C41H50N2O19. The van der Waals surface area contributed by atoms with Crippen LogP contribution < -0.4 is 10.6 Å². The van der Waals surface area contributed by atoms with E-state index in [1.165, 1.54) is 0 Å². The van der Waals surface area contributed by atoms with Gasteiger partial charge in [-0.15, -0.1) is 0 Å². The molecule has 0 saturated carbocycles. The van der Waals surface area contributed by atoms with Gasteiger partial charge in [-0.2, -0.15) is 0 Å². The van der Waals surface area contributed by atoms with E-state index >= 15 is 0 Å². The van der Waals surface area contributed by atoms with Crippen molar-refractivity contribution in [2.45, 2.75) is 116 Å². The lowest BCUT2D eigenvalue weighted by Crippen LogP contribution is -2.73. The lowest BCUT2D eigenvalue weighted by molar-refractivity contribution is -0.314. The lowest BCUT2D eigenvalue weighted by Gasteiger charge is -2.50. The van der Waals surface area contributed by atoms with Gasteiger partial charge in [-0.3, -0.25) is 38.4 Å². The fourth-order valence-electron chi connectivity index (χ4n) is 6.22. The first-order chi connectivity index (χ1) is 31.9. The van der Waals surface area contributed by atoms with Crippen molar-refractivity contribution in [1.29, 1.82) is 0 Å². The van der Waals surface area contributed by atoms with Crippen LogP contribution in [0.3, 0.4) is 0 Å². The molecule has 9 atom stereocenters. The molecule has 2 aromatic rings. The number of carbonyl (C=O) groups is 9. The van der Waals surface area contributed by atoms with Crippen molar-refractivity contribution in [3.8, 4) is 0 Å². The molecule has 62 heavy (non-hydrogen) atoms. The molecule has 0 spiro atoms. The second-order valence-electron chi connectivity index (χ2n) is 13.3. The van der Waals surface area contributed by atoms with Crippen LogP contribution in [-0.4, -0.2) is 127 Å². The summed E-state index contributed by atoms with van der Waals surface area (Å²) in [6.07, 6.45) is -16.6. The molecule has 0 unspecified atom stereocenters. The molecule has 1 aliphatic heterocycles. The molecule has 3 rings (SSSR count). The summed E-state index contributed by atoms with van der Waals surface area (Å²) in [6.45, 7) is -6.01. The summed E-state index contributed by atoms with van der Waals surface area (Å²) in [5.74, 6) is -13.2. The van der Waals surface area contributed by atoms with E-state index in [-0.39, 0.29) is 6.61 Å². The van der Waals surface area contributed by atoms with Crippen LogP contribution in [0.15, 0.2) is 60.7 Å². The first kappa shape index (κ1) is 42.1. The van der Waals surface area contributed by atoms with Gasteiger partial charge in [0.15, 0.2) is 36.3 Å². The Labute approximate surface area is 362 Å². The zero-order valence-corrected chi connectivity index (χ0v) is 33.6. The van der Waals surface area contributed by atoms with E-state index in [0.29, 0.717) is 11.1 Å². The van der Waals surface area contributed by atoms with Crippen LogP contribution in [0.1, 0.15) is 66.3 Å². The summed E-state index contributed by atoms with van der Waals surface area (Å²) in [5, 5.41) is 17.2. The van der Waals surface area contributed by atoms with Crippen molar-refractivity contribution in [3.63, 3.8) is 0 Å². The predicted molar refractivity (Wildman–Crippen MR) is 206 cm³/mol. The van der Waals surface area contributed by atoms with Crippen molar-refractivity contribution in [2.75, 3.05) is 13.2 Å². The highest BCUT2D eigenvalue weighted by Crippen LogP contribution is 2.35. The van der Waals surface area contributed by atoms with Crippen molar-refractivity contribution >= 4 is 53.8 Å². The van der Waals surface area contributed by atoms with Crippen molar-refractivity contribution in [1.82, 2.24) is 10.6 Å². The highest BCUT2D eigenvalue weighted by Gasteiger charge is 2.58. The SMILES string of the molecule is [2H]CC(=O)OC[C@@H](OC(=O)C[2H])[C@H](OC(=O)C[2H])[C@@H](OC(=O)C[2H])[C@@H](OC(=O)C[2H])C(=O)NC[C@H]1O[C@@](O)(Cc2ccccc2)[C@H](NC(=O)OCc2ccccc2)[C@@H](OC(C)=O)[C@@H]1OC(C)=O. The minimum atomic E-state index is -2.62. The van der Waals surface area contributed by atoms with Gasteiger partial charge in [0, 0.05) is 68.2 Å². The number of alkyl carbamates (subject to hydrolysis) is 1. The molecule has 21 heteroatoms. The monoisotopic (exact) mass is 879 g/mol. The molecule has 1 fully saturated rings. The number of hydrogen-bond acceptors (Lipinski definition) is 19. The number of ether oxygens (including phenoxy) is 9. The first-order valence-corrected chi connectivity index (χ1v) is 18.3. The Morgan fingerprint density at radius 1 is 0.677 bits per heavy atom. The third-order valence-corrected chi connectivity index (χ3v) is 8.46. The lowest BCUT2D eigenvalue weighted by atomic mass is 9.86. The molecule has 21 nitrogen and oxygen atoms in total. The van der Waals surface area contributed by atoms with E-state index in [4.69, 9.17) is 49.5 Å². The van der Waals surface area contributed by atoms with Crippen LogP contribution in [0.25, 0.3) is 0 Å². The van der Waals surface area contributed by atoms with Gasteiger partial charge < -0.3 is 58.4 Å². The number of benzene rings is 2. The number of esters is 7. The smallest absolute Gasteiger partial charge is 0.408 e. The highest BCUT2D eigenvalue weighted by molar-refractivity contribution is 5.85. The maximum atomic E-state index is 14.4. The van der Waals surface area contributed by atoms with Crippen LogP contribution in [0.2, 0.25) is 0 Å². The van der Waals surface area contributed by atoms with Crippen molar-refractivity contribution in [2.24, 2.45) is 0 Å². The molecular weight excluding hydrogens is 824 g/mol. The average molecular weight is 880 g/mol. The number of nitrogens with one attached hydrogen (secondary N) is 2. The van der Waals surface area contributed by atoms with E-state index in [9.17, 15) is 48.3 Å². The maximum Gasteiger partial charge on any atom is 0.408 e. The van der Waals surface area contributed by atoms with Crippen LogP contribution in [-0.2, 0) is 94.0 Å². The quantitative estimate of drug-likeness (QED) is 0.130. The third kappa shape index (κ3) is 15.8. The van der Waals surface area contributed by atoms with E-state index in [1.807, 2.05) is 0 Å². The third-order valence-electron chi connectivity index (χ3n) is 8.46. The molecule has 1 heterocycles. The van der Waals surface area contributed by atoms with Gasteiger partial charge in [0.2, 0.25) is 6.10 Å². The van der Waals surface area contributed by atoms with Gasteiger partial charge >= 0.3 is 47.9 Å². The first-order valence-electron chi connectivity index (χ1n) is 21.8. The standard InChI is InChI=1S/C41H50N2O19/c1-22(44)54-21-32(56-23(2)45)34(58-25(4)47)35(59-26(5)48)37(61-28(7)50)39(51)42-19-31-33(57-24(3)46)36(60-27(6)49)38(41(53,62-31)18-29-14-10-8-11-15-29)43-40(52)55-20-30-16-12-9-13-17-30/h8-17,31-38,53H,18-21H2,1-7H3,(H,42,51)(H,43,52)/t31-,32-,33-,34+,35-,36+,37-,38-,41+/m1/s1/i1D,2D,4D,5D,7D. The molecule has 0 bridgehead atoms. The fourth-order valence-corrected chi connectivity index (χ4v) is 6.22. The van der Waals surface area contributed by atoms with E-state index < -0.39 is 162 Å². The Kier molecular flexibility index (Phi) is 15.9. The summed E-state index contributed by atoms with van der Waals surface area (Å²) in [4.78, 5) is 116. The zero-order valence-electron chi connectivity index (χ0n) is 38.6. The number of hydrogen-bond donors (Lipinski definition) is 3. The molecule has 2 aromatic carbocycles. The molecule has 3 N–H and O–H groups in total. The number of aliphatic hydroxyl groups is 1. The van der Waals surface area contributed by atoms with Gasteiger partial charge in [0.25, 0.3) is 5.91 Å². The topological polar surface area (TPSA) is 281 Å². The summed E-state index contributed by atoms with van der Waals surface area (Å²) in [5.41, 5.74) is 0.956. The van der Waals surface area contributed by atoms with Crippen LogP contribution >= 0.6 is 0 Å². The maximum absolute atomic E-state index is 14.4. The van der Waals surface area contributed by atoms with Gasteiger partial charge in [-0.25, -0.2) is 4.79 Å². The summed E-state index contributed by atoms with van der Waals surface area (Å²) in [6, 6.07) is 14.7. The number of carbonyl (C=O) groups excluding carboxylic acids is 9. The zero-order chi connectivity index (χ0) is 49.7. The molecule has 338 valence electrons. The van der Waals surface area contributed by atoms with E-state index in [1.54, 1.807) is 60.7 Å². The van der Waals surface area contributed by atoms with Gasteiger partial charge in [-0.05, 0) is 11.1 Å². The van der Waals surface area contributed by atoms with E-state index in [2.05, 4.69) is 10.6 Å². The normalized spacial score (nSPS) is 22.2. The molecule has 0 aliphatic carbocycles. The largest absolute Gasteiger partial charge is 0.462 e. The summed E-state index contributed by atoms with van der Waals surface area (Å²) < 4.78 is 85.6. The molecule has 1 saturated heterocycles. The number of amides is 2. The molecule has 2 amide bonds. The Bertz CT molecular complexity index is 2020. The van der Waals surface area contributed by atoms with E-state index in [0.717, 1.165) is 13.8 Å². The minimum Gasteiger partial charge on any atom is -0.462 e. The average Bonchev–Trinajstić information content (AvgIpc) is 3.31. The summed E-state index contributed by atoms with van der Waals surface area (Å²) in [7, 11) is 0. The van der Waals surface area contributed by atoms with Crippen molar-refractivity contribution in [3.05, 3.63) is 71.8 Å². The Hall–Kier alpha value is -6.61. The van der Waals surface area contributed by atoms with Gasteiger partial charge in [0.1, 0.15) is 25.4 Å². The van der Waals surface area contributed by atoms with Gasteiger partial charge in [-0.1, -0.05) is 60.7 Å². The molecule has 0 radical (unpaired) electrons. The minimum absolute atomic E-state index is 0.255. The number of rotatable bonds is 19. The van der Waals surface area contributed by atoms with Gasteiger partial charge in [0.05, 0.1) is 0 Å². The predicted octanol–water partition coefficient (Wildman–Crippen LogP) is 0.881. The Balaban J connectivity index is 2.17. The highest BCUT2D eigenvalue weighted by atomic mass is 16.7. The second kappa shape index (κ2) is 23.4.